The molecular formula is C15H13Cl2N5O2. The summed E-state index contributed by atoms with van der Waals surface area (Å²) in [5, 5.41) is 4.77. The number of methoxy groups -OCH3 is 1. The minimum absolute atomic E-state index is 0.200. The lowest BCUT2D eigenvalue weighted by Gasteiger charge is -2.21. The molecule has 1 aliphatic rings. The minimum Gasteiger partial charge on any atom is -0.495 e. The van der Waals surface area contributed by atoms with Crippen LogP contribution >= 0.6 is 23.2 Å². The summed E-state index contributed by atoms with van der Waals surface area (Å²) in [6.07, 6.45) is 1.70. The molecule has 9 heteroatoms. The molecule has 124 valence electrons. The van der Waals surface area contributed by atoms with Gasteiger partial charge in [-0.2, -0.15) is 0 Å². The molecule has 0 N–H and O–H groups in total. The number of fused-ring (bicyclic) bond motifs is 3. The van der Waals surface area contributed by atoms with Crippen molar-refractivity contribution in [3.63, 3.8) is 0 Å². The van der Waals surface area contributed by atoms with Gasteiger partial charge in [0.25, 0.3) is 0 Å². The van der Waals surface area contributed by atoms with Crippen LogP contribution in [-0.2, 0) is 11.3 Å². The fourth-order valence-corrected chi connectivity index (χ4v) is 3.51. The van der Waals surface area contributed by atoms with E-state index in [-0.39, 0.29) is 18.5 Å². The number of nitrogens with zero attached hydrogens (tertiary/aromatic N) is 5. The van der Waals surface area contributed by atoms with Gasteiger partial charge in [-0.15, -0.1) is 0 Å². The van der Waals surface area contributed by atoms with Crippen LogP contribution in [0.5, 0.6) is 5.75 Å². The maximum Gasteiger partial charge on any atom is 0.229 e. The van der Waals surface area contributed by atoms with Crippen molar-refractivity contribution in [2.24, 2.45) is 5.11 Å². The van der Waals surface area contributed by atoms with Crippen molar-refractivity contribution in [3.8, 4) is 5.75 Å². The van der Waals surface area contributed by atoms with E-state index in [1.807, 2.05) is 6.92 Å². The molecule has 1 aliphatic heterocycles. The summed E-state index contributed by atoms with van der Waals surface area (Å²) in [5.74, 6) is 0.215. The number of carbonyl (C=O) groups excluding carboxylic acids is 1. The lowest BCUT2D eigenvalue weighted by atomic mass is 10.0. The van der Waals surface area contributed by atoms with Gasteiger partial charge in [0, 0.05) is 23.0 Å². The third kappa shape index (κ3) is 2.51. The number of halogens is 2. The van der Waals surface area contributed by atoms with Gasteiger partial charge in [0.15, 0.2) is 0 Å². The number of hydrogen-bond acceptors (Lipinski definition) is 4. The topological polar surface area (TPSA) is 91.2 Å². The number of carbonyl (C=O) groups is 1. The van der Waals surface area contributed by atoms with E-state index in [4.69, 9.17) is 33.5 Å². The molecule has 0 aliphatic carbocycles. The first kappa shape index (κ1) is 16.6. The molecule has 3 rings (SSSR count). The molecule has 7 nitrogen and oxygen atoms in total. The highest BCUT2D eigenvalue weighted by atomic mass is 35.5. The summed E-state index contributed by atoms with van der Waals surface area (Å²) in [4.78, 5) is 20.9. The van der Waals surface area contributed by atoms with Crippen molar-refractivity contribution in [2.45, 2.75) is 19.5 Å². The van der Waals surface area contributed by atoms with Gasteiger partial charge in [-0.3, -0.25) is 9.78 Å². The Morgan fingerprint density at radius 3 is 2.96 bits per heavy atom. The van der Waals surface area contributed by atoms with Gasteiger partial charge >= 0.3 is 0 Å². The van der Waals surface area contributed by atoms with E-state index >= 15 is 0 Å². The molecule has 0 saturated carbocycles. The lowest BCUT2D eigenvalue weighted by molar-refractivity contribution is -0.131. The van der Waals surface area contributed by atoms with Crippen LogP contribution in [0, 0.1) is 0 Å². The Morgan fingerprint density at radius 2 is 2.29 bits per heavy atom. The van der Waals surface area contributed by atoms with Crippen molar-refractivity contribution in [1.29, 1.82) is 0 Å². The van der Waals surface area contributed by atoms with Crippen molar-refractivity contribution in [2.75, 3.05) is 13.7 Å². The quantitative estimate of drug-likeness (QED) is 0.462. The smallest absolute Gasteiger partial charge is 0.229 e. The number of amides is 1. The molecule has 2 heterocycles. The van der Waals surface area contributed by atoms with E-state index < -0.39 is 0 Å². The summed E-state index contributed by atoms with van der Waals surface area (Å²) in [6.45, 7) is 2.10. The van der Waals surface area contributed by atoms with Crippen molar-refractivity contribution < 1.29 is 9.53 Å². The van der Waals surface area contributed by atoms with E-state index in [9.17, 15) is 4.79 Å². The Bertz CT molecular complexity index is 895. The summed E-state index contributed by atoms with van der Waals surface area (Å²) >= 11 is 12.5. The number of aromatic nitrogens is 1. The fourth-order valence-electron chi connectivity index (χ4n) is 3.04. The van der Waals surface area contributed by atoms with E-state index in [1.165, 1.54) is 7.11 Å². The van der Waals surface area contributed by atoms with Crippen LogP contribution in [0.25, 0.3) is 21.3 Å². The molecule has 0 fully saturated rings. The summed E-state index contributed by atoms with van der Waals surface area (Å²) in [6, 6.07) is 1.58. The van der Waals surface area contributed by atoms with Gasteiger partial charge in [-0.05, 0) is 29.6 Å². The standard InChI is InChI=1S/C15H13Cl2N5O2/c1-7-12-8(6-22(7)11(23)5-20-21-18)4-19-15-9(12)3-10(24-2)13(16)14(15)17/h3-4,7H,5-6H2,1-2H3/t7-/m0/s1. The number of benzene rings is 1. The predicted octanol–water partition coefficient (Wildman–Crippen LogP) is 4.26. The summed E-state index contributed by atoms with van der Waals surface area (Å²) in [5.41, 5.74) is 10.8. The van der Waals surface area contributed by atoms with E-state index in [2.05, 4.69) is 15.0 Å². The molecule has 1 atom stereocenters. The second-order valence-corrected chi connectivity index (χ2v) is 6.14. The molecule has 0 bridgehead atoms. The molecule has 1 aromatic carbocycles. The molecule has 1 aromatic heterocycles. The Kier molecular flexibility index (Phi) is 4.41. The van der Waals surface area contributed by atoms with E-state index in [1.54, 1.807) is 17.2 Å². The Morgan fingerprint density at radius 1 is 1.54 bits per heavy atom. The SMILES string of the molecule is COc1cc2c3c(cnc2c(Cl)c1Cl)CN(C(=O)CN=[N+]=[N-])[C@H]3C. The van der Waals surface area contributed by atoms with E-state index in [0.29, 0.717) is 27.9 Å². The van der Waals surface area contributed by atoms with Gasteiger partial charge in [-0.25, -0.2) is 0 Å². The highest BCUT2D eigenvalue weighted by Crippen LogP contribution is 2.44. The molecule has 0 radical (unpaired) electrons. The third-order valence-electron chi connectivity index (χ3n) is 4.17. The molecule has 24 heavy (non-hydrogen) atoms. The van der Waals surface area contributed by atoms with Crippen molar-refractivity contribution in [1.82, 2.24) is 9.88 Å². The van der Waals surface area contributed by atoms with Crippen LogP contribution in [0.4, 0.5) is 0 Å². The largest absolute Gasteiger partial charge is 0.495 e. The first-order valence-corrected chi connectivity index (χ1v) is 7.89. The Labute approximate surface area is 147 Å². The molecule has 0 spiro atoms. The normalized spacial score (nSPS) is 16.0. The molecule has 2 aromatic rings. The highest BCUT2D eigenvalue weighted by Gasteiger charge is 2.32. The maximum absolute atomic E-state index is 12.2. The number of ether oxygens (including phenoxy) is 1. The van der Waals surface area contributed by atoms with Crippen LogP contribution in [0.2, 0.25) is 10.0 Å². The zero-order valence-corrected chi connectivity index (χ0v) is 14.5. The number of rotatable bonds is 3. The van der Waals surface area contributed by atoms with Crippen molar-refractivity contribution in [3.05, 3.63) is 43.9 Å². The lowest BCUT2D eigenvalue weighted by Crippen LogP contribution is -2.29. The highest BCUT2D eigenvalue weighted by molar-refractivity contribution is 6.46. The van der Waals surface area contributed by atoms with Gasteiger partial charge < -0.3 is 9.64 Å². The monoisotopic (exact) mass is 365 g/mol. The molecule has 0 saturated heterocycles. The predicted molar refractivity (Wildman–Crippen MR) is 91.3 cm³/mol. The van der Waals surface area contributed by atoms with Gasteiger partial charge in [0.1, 0.15) is 17.3 Å². The van der Waals surface area contributed by atoms with Crippen LogP contribution in [0.1, 0.15) is 24.1 Å². The van der Waals surface area contributed by atoms with Crippen LogP contribution in [0.3, 0.4) is 0 Å². The molecule has 1 amide bonds. The second-order valence-electron chi connectivity index (χ2n) is 5.39. The van der Waals surface area contributed by atoms with Gasteiger partial charge in [0.05, 0.1) is 23.7 Å². The van der Waals surface area contributed by atoms with Gasteiger partial charge in [0.2, 0.25) is 5.91 Å². The van der Waals surface area contributed by atoms with Crippen LogP contribution in [-0.4, -0.2) is 29.4 Å². The summed E-state index contributed by atoms with van der Waals surface area (Å²) in [7, 11) is 1.51. The average molecular weight is 366 g/mol. The maximum atomic E-state index is 12.2. The molecule has 0 unspecified atom stereocenters. The van der Waals surface area contributed by atoms with Crippen LogP contribution in [0.15, 0.2) is 17.4 Å². The van der Waals surface area contributed by atoms with Crippen LogP contribution < -0.4 is 4.74 Å². The zero-order chi connectivity index (χ0) is 17.4. The Balaban J connectivity index is 2.14. The third-order valence-corrected chi connectivity index (χ3v) is 5.01. The first-order valence-electron chi connectivity index (χ1n) is 7.13. The second kappa shape index (κ2) is 6.36. The first-order chi connectivity index (χ1) is 11.5. The Hall–Kier alpha value is -2.21. The van der Waals surface area contributed by atoms with Gasteiger partial charge in [-0.1, -0.05) is 28.3 Å². The fraction of sp³-hybridized carbons (Fsp3) is 0.333. The number of hydrogen-bond donors (Lipinski definition) is 0. The minimum atomic E-state index is -0.239. The van der Waals surface area contributed by atoms with E-state index in [0.717, 1.165) is 16.5 Å². The average Bonchev–Trinajstić information content (AvgIpc) is 2.93. The molecular weight excluding hydrogens is 353 g/mol. The zero-order valence-electron chi connectivity index (χ0n) is 13.0. The summed E-state index contributed by atoms with van der Waals surface area (Å²) < 4.78 is 5.28. The number of azide groups is 1. The van der Waals surface area contributed by atoms with Crippen molar-refractivity contribution >= 4 is 40.0 Å². The number of pyridine rings is 1.